The maximum atomic E-state index is 12.1. The quantitative estimate of drug-likeness (QED) is 0.898. The van der Waals surface area contributed by atoms with Crippen molar-refractivity contribution in [2.24, 2.45) is 5.92 Å². The van der Waals surface area contributed by atoms with Gasteiger partial charge in [-0.1, -0.05) is 26.0 Å². The van der Waals surface area contributed by atoms with Crippen LogP contribution in [-0.2, 0) is 16.1 Å². The first kappa shape index (κ1) is 14.4. The Balaban J connectivity index is 2.23. The van der Waals surface area contributed by atoms with E-state index in [0.717, 1.165) is 11.3 Å². The second-order valence-electron chi connectivity index (χ2n) is 5.28. The summed E-state index contributed by atoms with van der Waals surface area (Å²) < 4.78 is 5.18. The molecule has 1 unspecified atom stereocenters. The number of carbonyl (C=O) groups excluding carboxylic acids is 2. The molecule has 0 bridgehead atoms. The van der Waals surface area contributed by atoms with Gasteiger partial charge in [-0.05, 0) is 23.6 Å². The summed E-state index contributed by atoms with van der Waals surface area (Å²) in [6.07, 6.45) is 0. The van der Waals surface area contributed by atoms with E-state index >= 15 is 0 Å². The lowest BCUT2D eigenvalue weighted by Crippen LogP contribution is -2.59. The maximum absolute atomic E-state index is 12.1. The van der Waals surface area contributed by atoms with Crippen LogP contribution in [0.15, 0.2) is 24.3 Å². The van der Waals surface area contributed by atoms with E-state index in [1.54, 1.807) is 12.0 Å². The Morgan fingerprint density at radius 2 is 2.15 bits per heavy atom. The maximum Gasteiger partial charge on any atom is 0.243 e. The Morgan fingerprint density at radius 3 is 2.80 bits per heavy atom. The summed E-state index contributed by atoms with van der Waals surface area (Å²) in [5.74, 6) is 0.691. The molecule has 0 spiro atoms. The van der Waals surface area contributed by atoms with E-state index in [0.29, 0.717) is 6.54 Å². The van der Waals surface area contributed by atoms with Crippen molar-refractivity contribution in [2.75, 3.05) is 13.7 Å². The minimum absolute atomic E-state index is 0.0499. The van der Waals surface area contributed by atoms with Crippen LogP contribution in [0.4, 0.5) is 0 Å². The predicted octanol–water partition coefficient (Wildman–Crippen LogP) is 1.18. The van der Waals surface area contributed by atoms with Crippen molar-refractivity contribution >= 4 is 11.8 Å². The van der Waals surface area contributed by atoms with Gasteiger partial charge in [0.2, 0.25) is 11.8 Å². The topological polar surface area (TPSA) is 58.6 Å². The number of ether oxygens (including phenoxy) is 1. The molecule has 1 aliphatic rings. The second-order valence-corrected chi connectivity index (χ2v) is 5.28. The van der Waals surface area contributed by atoms with Crippen LogP contribution < -0.4 is 10.1 Å². The smallest absolute Gasteiger partial charge is 0.243 e. The number of amides is 2. The van der Waals surface area contributed by atoms with E-state index in [9.17, 15) is 9.59 Å². The van der Waals surface area contributed by atoms with Crippen LogP contribution in [0.3, 0.4) is 0 Å². The van der Waals surface area contributed by atoms with Gasteiger partial charge in [0.1, 0.15) is 11.8 Å². The molecule has 1 saturated heterocycles. The first-order valence-corrected chi connectivity index (χ1v) is 6.73. The zero-order valence-corrected chi connectivity index (χ0v) is 12.1. The number of nitrogens with zero attached hydrogens (tertiary/aromatic N) is 1. The lowest BCUT2D eigenvalue weighted by atomic mass is 9.98. The molecule has 20 heavy (non-hydrogen) atoms. The Kier molecular flexibility index (Phi) is 4.27. The molecule has 0 aliphatic carbocycles. The molecule has 5 heteroatoms. The second kappa shape index (κ2) is 5.94. The fourth-order valence-corrected chi connectivity index (χ4v) is 2.48. The Morgan fingerprint density at radius 1 is 1.40 bits per heavy atom. The molecule has 2 amide bonds. The lowest BCUT2D eigenvalue weighted by Gasteiger charge is -2.37. The third kappa shape index (κ3) is 2.92. The molecule has 5 nitrogen and oxygen atoms in total. The molecule has 0 saturated carbocycles. The Bertz CT molecular complexity index is 514. The monoisotopic (exact) mass is 276 g/mol. The summed E-state index contributed by atoms with van der Waals surface area (Å²) in [4.78, 5) is 25.7. The van der Waals surface area contributed by atoms with Crippen LogP contribution in [0.25, 0.3) is 0 Å². The predicted molar refractivity (Wildman–Crippen MR) is 75.2 cm³/mol. The number of methoxy groups -OCH3 is 1. The van der Waals surface area contributed by atoms with Crippen LogP contribution in [0.1, 0.15) is 19.4 Å². The summed E-state index contributed by atoms with van der Waals surface area (Å²) >= 11 is 0. The summed E-state index contributed by atoms with van der Waals surface area (Å²) in [5.41, 5.74) is 0.957. The van der Waals surface area contributed by atoms with Gasteiger partial charge in [-0.15, -0.1) is 0 Å². The molecule has 1 heterocycles. The minimum atomic E-state index is -0.414. The highest BCUT2D eigenvalue weighted by molar-refractivity contribution is 5.94. The Hall–Kier alpha value is -2.04. The van der Waals surface area contributed by atoms with Crippen LogP contribution in [-0.4, -0.2) is 36.4 Å². The number of piperazine rings is 1. The molecule has 1 aliphatic heterocycles. The summed E-state index contributed by atoms with van der Waals surface area (Å²) in [7, 11) is 1.61. The van der Waals surface area contributed by atoms with Crippen molar-refractivity contribution in [3.8, 4) is 5.75 Å². The first-order valence-electron chi connectivity index (χ1n) is 6.73. The first-order chi connectivity index (χ1) is 9.52. The molecule has 1 N–H and O–H groups in total. The average molecular weight is 276 g/mol. The van der Waals surface area contributed by atoms with Crippen molar-refractivity contribution in [2.45, 2.75) is 26.4 Å². The number of nitrogens with one attached hydrogen (secondary N) is 1. The van der Waals surface area contributed by atoms with Crippen molar-refractivity contribution < 1.29 is 14.3 Å². The van der Waals surface area contributed by atoms with Crippen LogP contribution in [0.2, 0.25) is 0 Å². The van der Waals surface area contributed by atoms with Crippen molar-refractivity contribution in [1.29, 1.82) is 0 Å². The highest BCUT2D eigenvalue weighted by Gasteiger charge is 2.36. The van der Waals surface area contributed by atoms with E-state index in [-0.39, 0.29) is 24.3 Å². The van der Waals surface area contributed by atoms with Gasteiger partial charge in [-0.2, -0.15) is 0 Å². The zero-order chi connectivity index (χ0) is 14.7. The van der Waals surface area contributed by atoms with Gasteiger partial charge in [0.25, 0.3) is 0 Å². The highest BCUT2D eigenvalue weighted by atomic mass is 16.5. The highest BCUT2D eigenvalue weighted by Crippen LogP contribution is 2.20. The van der Waals surface area contributed by atoms with Gasteiger partial charge in [-0.25, -0.2) is 0 Å². The van der Waals surface area contributed by atoms with Crippen molar-refractivity contribution in [1.82, 2.24) is 10.2 Å². The average Bonchev–Trinajstić information content (AvgIpc) is 2.43. The van der Waals surface area contributed by atoms with E-state index in [1.165, 1.54) is 0 Å². The number of carbonyl (C=O) groups is 2. The Labute approximate surface area is 118 Å². The van der Waals surface area contributed by atoms with Crippen LogP contribution in [0, 0.1) is 5.92 Å². The minimum Gasteiger partial charge on any atom is -0.497 e. The van der Waals surface area contributed by atoms with E-state index in [1.807, 2.05) is 38.1 Å². The van der Waals surface area contributed by atoms with E-state index in [2.05, 4.69) is 5.32 Å². The molecule has 1 fully saturated rings. The molecule has 0 aromatic heterocycles. The fourth-order valence-electron chi connectivity index (χ4n) is 2.48. The normalized spacial score (nSPS) is 19.2. The number of hydrogen-bond donors (Lipinski definition) is 1. The molecule has 2 rings (SSSR count). The molecule has 1 atom stereocenters. The molecule has 1 aromatic rings. The van der Waals surface area contributed by atoms with Gasteiger partial charge < -0.3 is 15.0 Å². The largest absolute Gasteiger partial charge is 0.497 e. The molecular formula is C15H20N2O3. The number of benzene rings is 1. The number of hydrogen-bond acceptors (Lipinski definition) is 3. The SMILES string of the molecule is COc1cccc(CN2C(=O)CNC(=O)C2C(C)C)c1. The van der Waals surface area contributed by atoms with E-state index in [4.69, 9.17) is 4.74 Å². The van der Waals surface area contributed by atoms with Crippen molar-refractivity contribution in [3.63, 3.8) is 0 Å². The van der Waals surface area contributed by atoms with Gasteiger partial charge in [-0.3, -0.25) is 9.59 Å². The zero-order valence-electron chi connectivity index (χ0n) is 12.1. The lowest BCUT2D eigenvalue weighted by molar-refractivity contribution is -0.148. The van der Waals surface area contributed by atoms with Gasteiger partial charge in [0.15, 0.2) is 0 Å². The van der Waals surface area contributed by atoms with Crippen LogP contribution in [0.5, 0.6) is 5.75 Å². The van der Waals surface area contributed by atoms with Gasteiger partial charge in [0.05, 0.1) is 13.7 Å². The third-order valence-corrected chi connectivity index (χ3v) is 3.46. The standard InChI is InChI=1S/C15H20N2O3/c1-10(2)14-15(19)16-8-13(18)17(14)9-11-5-4-6-12(7-11)20-3/h4-7,10,14H,8-9H2,1-3H3,(H,16,19). The van der Waals surface area contributed by atoms with Crippen LogP contribution >= 0.6 is 0 Å². The van der Waals surface area contributed by atoms with Gasteiger partial charge >= 0.3 is 0 Å². The van der Waals surface area contributed by atoms with Crippen molar-refractivity contribution in [3.05, 3.63) is 29.8 Å². The third-order valence-electron chi connectivity index (χ3n) is 3.46. The number of rotatable bonds is 4. The molecule has 1 aromatic carbocycles. The van der Waals surface area contributed by atoms with Gasteiger partial charge in [0, 0.05) is 6.54 Å². The summed E-state index contributed by atoms with van der Waals surface area (Å²) in [6.45, 7) is 4.39. The van der Waals surface area contributed by atoms with E-state index < -0.39 is 6.04 Å². The summed E-state index contributed by atoms with van der Waals surface area (Å²) in [6, 6.07) is 7.14. The molecule has 0 radical (unpaired) electrons. The summed E-state index contributed by atoms with van der Waals surface area (Å²) in [5, 5.41) is 2.65. The molecular weight excluding hydrogens is 256 g/mol. The molecule has 108 valence electrons. The fraction of sp³-hybridized carbons (Fsp3) is 0.467.